The number of halogens is 2. The van der Waals surface area contributed by atoms with E-state index in [4.69, 9.17) is 25.8 Å². The quantitative estimate of drug-likeness (QED) is 0.291. The number of nitrogens with one attached hydrogen (secondary N) is 1. The summed E-state index contributed by atoms with van der Waals surface area (Å²) in [6.07, 6.45) is 0.680. The summed E-state index contributed by atoms with van der Waals surface area (Å²) in [5.74, 6) is 0.274. The van der Waals surface area contributed by atoms with Crippen LogP contribution in [-0.2, 0) is 14.3 Å². The van der Waals surface area contributed by atoms with Crippen molar-refractivity contribution < 1.29 is 28.2 Å². The Bertz CT molecular complexity index is 1290. The normalized spacial score (nSPS) is 19.2. The number of hydrogen-bond acceptors (Lipinski definition) is 7. The SMILES string of the molecule is CCSCCOC(=O)C1=C(C)NC2=C(C(=O)C[C@@H](c3ccc(OC)c(OC)c3)C2)[C@H]1c1c(F)cccc1Cl. The van der Waals surface area contributed by atoms with Gasteiger partial charge in [0.1, 0.15) is 12.4 Å². The van der Waals surface area contributed by atoms with Crippen LogP contribution in [0.25, 0.3) is 0 Å². The van der Waals surface area contributed by atoms with Crippen LogP contribution in [0.15, 0.2) is 58.9 Å². The molecule has 202 valence electrons. The van der Waals surface area contributed by atoms with Crippen LogP contribution in [0.2, 0.25) is 5.02 Å². The average Bonchev–Trinajstić information content (AvgIpc) is 2.90. The fraction of sp³-hybridized carbons (Fsp3) is 0.379. The third-order valence-electron chi connectivity index (χ3n) is 6.88. The lowest BCUT2D eigenvalue weighted by atomic mass is 9.71. The van der Waals surface area contributed by atoms with E-state index in [-0.39, 0.29) is 40.9 Å². The van der Waals surface area contributed by atoms with Gasteiger partial charge in [-0.1, -0.05) is 30.7 Å². The molecule has 2 aliphatic rings. The summed E-state index contributed by atoms with van der Waals surface area (Å²) in [5, 5.41) is 3.43. The number of carbonyl (C=O) groups excluding carboxylic acids is 2. The van der Waals surface area contributed by atoms with Crippen molar-refractivity contribution in [2.75, 3.05) is 32.3 Å². The molecule has 0 amide bonds. The van der Waals surface area contributed by atoms with Crippen LogP contribution in [0, 0.1) is 5.82 Å². The van der Waals surface area contributed by atoms with Crippen molar-refractivity contribution in [2.45, 2.75) is 38.5 Å². The Labute approximate surface area is 231 Å². The van der Waals surface area contributed by atoms with Crippen molar-refractivity contribution in [3.05, 3.63) is 80.9 Å². The highest BCUT2D eigenvalue weighted by Gasteiger charge is 2.43. The molecule has 1 aliphatic carbocycles. The molecule has 1 N–H and O–H groups in total. The summed E-state index contributed by atoms with van der Waals surface area (Å²) >= 11 is 8.14. The number of allylic oxidation sites excluding steroid dienone is 3. The summed E-state index contributed by atoms with van der Waals surface area (Å²) in [4.78, 5) is 27.1. The smallest absolute Gasteiger partial charge is 0.336 e. The molecule has 2 atom stereocenters. The standard InChI is InChI=1S/C29H31ClFNO5S/c1-5-38-12-11-37-29(34)25-16(2)32-21-13-18(17-9-10-23(35-3)24(15-17)36-4)14-22(33)27(21)28(25)26-19(30)7-6-8-20(26)31/h6-10,15,18,28,32H,5,11-14H2,1-4H3/t18-,28+/m0/s1. The molecule has 2 aromatic carbocycles. The van der Waals surface area contributed by atoms with E-state index in [1.54, 1.807) is 39.0 Å². The molecule has 0 saturated heterocycles. The number of esters is 1. The minimum atomic E-state index is -0.967. The van der Waals surface area contributed by atoms with Crippen molar-refractivity contribution in [3.63, 3.8) is 0 Å². The Morgan fingerprint density at radius 1 is 1.16 bits per heavy atom. The molecular formula is C29H31ClFNO5S. The average molecular weight is 560 g/mol. The van der Waals surface area contributed by atoms with E-state index < -0.39 is 17.7 Å². The lowest BCUT2D eigenvalue weighted by Crippen LogP contribution is -2.36. The monoisotopic (exact) mass is 559 g/mol. The summed E-state index contributed by atoms with van der Waals surface area (Å²) < 4.78 is 31.6. The minimum Gasteiger partial charge on any atom is -0.493 e. The second kappa shape index (κ2) is 12.3. The van der Waals surface area contributed by atoms with Crippen LogP contribution in [0.1, 0.15) is 49.7 Å². The molecule has 1 heterocycles. The summed E-state index contributed by atoms with van der Waals surface area (Å²) in [6.45, 7) is 3.99. The zero-order valence-corrected chi connectivity index (χ0v) is 23.4. The Morgan fingerprint density at radius 3 is 2.61 bits per heavy atom. The molecular weight excluding hydrogens is 529 g/mol. The maximum absolute atomic E-state index is 15.3. The van der Waals surface area contributed by atoms with Crippen LogP contribution in [0.5, 0.6) is 11.5 Å². The van der Waals surface area contributed by atoms with Gasteiger partial charge in [0.05, 0.1) is 25.7 Å². The van der Waals surface area contributed by atoms with E-state index in [1.807, 2.05) is 25.1 Å². The first-order valence-electron chi connectivity index (χ1n) is 12.4. The largest absolute Gasteiger partial charge is 0.493 e. The van der Waals surface area contributed by atoms with Crippen molar-refractivity contribution in [1.82, 2.24) is 5.32 Å². The number of dihydropyridines is 1. The molecule has 0 aromatic heterocycles. The number of methoxy groups -OCH3 is 2. The van der Waals surface area contributed by atoms with Gasteiger partial charge in [0, 0.05) is 39.7 Å². The number of ether oxygens (including phenoxy) is 3. The van der Waals surface area contributed by atoms with Crippen LogP contribution >= 0.6 is 23.4 Å². The molecule has 2 aromatic rings. The number of ketones is 1. The first-order valence-corrected chi connectivity index (χ1v) is 14.0. The third kappa shape index (κ3) is 5.57. The highest BCUT2D eigenvalue weighted by atomic mass is 35.5. The summed E-state index contributed by atoms with van der Waals surface area (Å²) in [5.41, 5.74) is 2.76. The zero-order valence-electron chi connectivity index (χ0n) is 21.9. The van der Waals surface area contributed by atoms with Gasteiger partial charge in [-0.05, 0) is 54.8 Å². The van der Waals surface area contributed by atoms with Crippen LogP contribution in [-0.4, -0.2) is 44.1 Å². The fourth-order valence-electron chi connectivity index (χ4n) is 5.14. The Hall–Kier alpha value is -2.97. The first-order chi connectivity index (χ1) is 18.3. The topological polar surface area (TPSA) is 73.9 Å². The van der Waals surface area contributed by atoms with Crippen molar-refractivity contribution in [2.24, 2.45) is 0 Å². The molecule has 1 aliphatic heterocycles. The minimum absolute atomic E-state index is 0.107. The second-order valence-corrected chi connectivity index (χ2v) is 10.9. The Kier molecular flexibility index (Phi) is 9.05. The predicted molar refractivity (Wildman–Crippen MR) is 147 cm³/mol. The number of rotatable bonds is 9. The van der Waals surface area contributed by atoms with Gasteiger partial charge in [0.25, 0.3) is 0 Å². The van der Waals surface area contributed by atoms with Gasteiger partial charge in [-0.2, -0.15) is 11.8 Å². The summed E-state index contributed by atoms with van der Waals surface area (Å²) in [6, 6.07) is 9.96. The number of benzene rings is 2. The molecule has 0 spiro atoms. The number of Topliss-reactive ketones (excluding diaryl/α,β-unsaturated/α-hetero) is 1. The van der Waals surface area contributed by atoms with E-state index in [0.29, 0.717) is 40.6 Å². The third-order valence-corrected chi connectivity index (χ3v) is 8.07. The fourth-order valence-corrected chi connectivity index (χ4v) is 5.90. The molecule has 0 saturated carbocycles. The van der Waals surface area contributed by atoms with Gasteiger partial charge in [0.15, 0.2) is 17.3 Å². The maximum Gasteiger partial charge on any atom is 0.336 e. The maximum atomic E-state index is 15.3. The van der Waals surface area contributed by atoms with Crippen molar-refractivity contribution >= 4 is 35.1 Å². The lowest BCUT2D eigenvalue weighted by molar-refractivity contribution is -0.138. The number of thioether (sulfide) groups is 1. The van der Waals surface area contributed by atoms with Crippen LogP contribution in [0.3, 0.4) is 0 Å². The van der Waals surface area contributed by atoms with E-state index >= 15 is 4.39 Å². The highest BCUT2D eigenvalue weighted by Crippen LogP contribution is 2.48. The molecule has 0 bridgehead atoms. The van der Waals surface area contributed by atoms with E-state index in [0.717, 1.165) is 11.3 Å². The van der Waals surface area contributed by atoms with Crippen LogP contribution < -0.4 is 14.8 Å². The van der Waals surface area contributed by atoms with Gasteiger partial charge < -0.3 is 19.5 Å². The lowest BCUT2D eigenvalue weighted by Gasteiger charge is -2.37. The number of hydrogen-bond donors (Lipinski definition) is 1. The van der Waals surface area contributed by atoms with E-state index in [1.165, 1.54) is 12.1 Å². The molecule has 0 fully saturated rings. The molecule has 4 rings (SSSR count). The first kappa shape index (κ1) is 28.0. The van der Waals surface area contributed by atoms with E-state index in [2.05, 4.69) is 5.32 Å². The Morgan fingerprint density at radius 2 is 1.92 bits per heavy atom. The molecule has 6 nitrogen and oxygen atoms in total. The van der Waals surface area contributed by atoms with Crippen LogP contribution in [0.4, 0.5) is 4.39 Å². The molecule has 0 radical (unpaired) electrons. The van der Waals surface area contributed by atoms with E-state index in [9.17, 15) is 9.59 Å². The van der Waals surface area contributed by atoms with Gasteiger partial charge in [-0.3, -0.25) is 4.79 Å². The molecule has 0 unspecified atom stereocenters. The molecule has 9 heteroatoms. The van der Waals surface area contributed by atoms with Crippen molar-refractivity contribution in [3.8, 4) is 11.5 Å². The molecule has 38 heavy (non-hydrogen) atoms. The second-order valence-electron chi connectivity index (χ2n) is 9.10. The Balaban J connectivity index is 1.75. The predicted octanol–water partition coefficient (Wildman–Crippen LogP) is 6.15. The van der Waals surface area contributed by atoms with Gasteiger partial charge >= 0.3 is 5.97 Å². The van der Waals surface area contributed by atoms with Crippen molar-refractivity contribution in [1.29, 1.82) is 0 Å². The van der Waals surface area contributed by atoms with Gasteiger partial charge in [-0.15, -0.1) is 0 Å². The zero-order chi connectivity index (χ0) is 27.4. The summed E-state index contributed by atoms with van der Waals surface area (Å²) in [7, 11) is 3.13. The number of carbonyl (C=O) groups is 2. The van der Waals surface area contributed by atoms with Gasteiger partial charge in [-0.25, -0.2) is 9.18 Å². The highest BCUT2D eigenvalue weighted by molar-refractivity contribution is 7.99. The van der Waals surface area contributed by atoms with Gasteiger partial charge in [0.2, 0.25) is 0 Å².